The van der Waals surface area contributed by atoms with Crippen LogP contribution in [0.4, 0.5) is 10.5 Å². The fourth-order valence-electron chi connectivity index (χ4n) is 2.23. The van der Waals surface area contributed by atoms with Gasteiger partial charge in [0, 0.05) is 18.1 Å². The van der Waals surface area contributed by atoms with E-state index in [1.807, 2.05) is 0 Å². The van der Waals surface area contributed by atoms with Crippen molar-refractivity contribution in [3.63, 3.8) is 0 Å². The summed E-state index contributed by atoms with van der Waals surface area (Å²) in [6.07, 6.45) is 0. The minimum Gasteiger partial charge on any atom is -0.543 e. The second-order valence-electron chi connectivity index (χ2n) is 8.47. The molecular weight excluding hydrogens is 456 g/mol. The van der Waals surface area contributed by atoms with E-state index in [-0.39, 0.29) is 15.7 Å². The molecule has 0 aliphatic heterocycles. The Labute approximate surface area is 190 Å². The van der Waals surface area contributed by atoms with E-state index < -0.39 is 24.5 Å². The second kappa shape index (κ2) is 9.93. The minimum absolute atomic E-state index is 0.0270. The van der Waals surface area contributed by atoms with Crippen LogP contribution in [0.5, 0.6) is 11.5 Å². The molecule has 10 heteroatoms. The Kier molecular flexibility index (Phi) is 8.02. The first-order valence-electron chi connectivity index (χ1n) is 9.78. The van der Waals surface area contributed by atoms with Gasteiger partial charge in [0.1, 0.15) is 16.4 Å². The molecular formula is C21H29ClN2O5SSi. The molecule has 0 saturated heterocycles. The van der Waals surface area contributed by atoms with E-state index in [4.69, 9.17) is 20.2 Å². The van der Waals surface area contributed by atoms with Crippen molar-refractivity contribution in [2.24, 2.45) is 0 Å². The molecule has 0 atom stereocenters. The molecule has 0 bridgehead atoms. The zero-order valence-corrected chi connectivity index (χ0v) is 20.9. The second-order valence-corrected chi connectivity index (χ2v) is 15.1. The van der Waals surface area contributed by atoms with Crippen molar-refractivity contribution in [1.29, 1.82) is 0 Å². The Morgan fingerprint density at radius 1 is 1.00 bits per heavy atom. The monoisotopic (exact) mass is 484 g/mol. The van der Waals surface area contributed by atoms with Crippen molar-refractivity contribution < 1.29 is 21.8 Å². The summed E-state index contributed by atoms with van der Waals surface area (Å²) in [6.45, 7) is 11.1. The SMILES string of the molecule is CC(C)(C)[Si](C)(C)Oc1ccc(OS(=O)(=O)c2ccc(NC(=O)NCCCl)cc2)cc1. The molecule has 2 aromatic carbocycles. The number of halogens is 1. The molecule has 0 unspecified atom stereocenters. The van der Waals surface area contributed by atoms with Gasteiger partial charge < -0.3 is 19.2 Å². The Morgan fingerprint density at radius 3 is 2.06 bits per heavy atom. The standard InChI is InChI=1S/C21H29ClN2O5SSi/c1-21(2,3)31(4,5)29-18-10-8-17(9-11-18)28-30(26,27)19-12-6-16(7-13-19)24-20(25)23-15-14-22/h6-13H,14-15H2,1-5H3,(H2,23,24,25). The summed E-state index contributed by atoms with van der Waals surface area (Å²) in [5, 5.41) is 5.19. The van der Waals surface area contributed by atoms with Crippen LogP contribution in [-0.2, 0) is 10.1 Å². The van der Waals surface area contributed by atoms with E-state index in [1.54, 1.807) is 24.3 Å². The number of carbonyl (C=O) groups excluding carboxylic acids is 1. The molecule has 0 aliphatic rings. The lowest BCUT2D eigenvalue weighted by Crippen LogP contribution is -2.43. The van der Waals surface area contributed by atoms with Gasteiger partial charge in [0.15, 0.2) is 0 Å². The third-order valence-corrected chi connectivity index (χ3v) is 10.8. The smallest absolute Gasteiger partial charge is 0.339 e. The van der Waals surface area contributed by atoms with Gasteiger partial charge in [-0.3, -0.25) is 0 Å². The zero-order chi connectivity index (χ0) is 23.3. The molecule has 2 aromatic rings. The first-order valence-corrected chi connectivity index (χ1v) is 14.6. The van der Waals surface area contributed by atoms with E-state index in [2.05, 4.69) is 44.5 Å². The molecule has 170 valence electrons. The molecule has 0 fully saturated rings. The molecule has 0 aliphatic carbocycles. The van der Waals surface area contributed by atoms with Crippen molar-refractivity contribution in [3.8, 4) is 11.5 Å². The molecule has 0 aromatic heterocycles. The van der Waals surface area contributed by atoms with E-state index >= 15 is 0 Å². The molecule has 2 N–H and O–H groups in total. The predicted molar refractivity (Wildman–Crippen MR) is 126 cm³/mol. The summed E-state index contributed by atoms with van der Waals surface area (Å²) in [5.41, 5.74) is 0.443. The number of hydrogen-bond donors (Lipinski definition) is 2. The largest absolute Gasteiger partial charge is 0.543 e. The van der Waals surface area contributed by atoms with Gasteiger partial charge in [-0.05, 0) is 66.7 Å². The van der Waals surface area contributed by atoms with Gasteiger partial charge in [0.2, 0.25) is 8.32 Å². The fraction of sp³-hybridized carbons (Fsp3) is 0.381. The van der Waals surface area contributed by atoms with Crippen molar-refractivity contribution in [3.05, 3.63) is 48.5 Å². The van der Waals surface area contributed by atoms with Crippen LogP contribution >= 0.6 is 11.6 Å². The summed E-state index contributed by atoms with van der Waals surface area (Å²) in [4.78, 5) is 11.6. The predicted octanol–water partition coefficient (Wildman–Crippen LogP) is 5.20. The first kappa shape index (κ1) is 25.0. The lowest BCUT2D eigenvalue weighted by Gasteiger charge is -2.36. The number of benzene rings is 2. The molecule has 0 radical (unpaired) electrons. The van der Waals surface area contributed by atoms with Gasteiger partial charge in [-0.2, -0.15) is 8.42 Å². The van der Waals surface area contributed by atoms with Crippen molar-refractivity contribution in [2.45, 2.75) is 43.8 Å². The number of amides is 2. The van der Waals surface area contributed by atoms with Gasteiger partial charge in [0.25, 0.3) is 0 Å². The molecule has 2 amide bonds. The average molecular weight is 485 g/mol. The van der Waals surface area contributed by atoms with Crippen LogP contribution in [-0.4, -0.2) is 35.2 Å². The van der Waals surface area contributed by atoms with Gasteiger partial charge >= 0.3 is 16.1 Å². The summed E-state index contributed by atoms with van der Waals surface area (Å²) in [5.74, 6) is 1.16. The summed E-state index contributed by atoms with van der Waals surface area (Å²) >= 11 is 5.51. The fourth-order valence-corrected chi connectivity index (χ4v) is 4.28. The van der Waals surface area contributed by atoms with Crippen LogP contribution in [0.15, 0.2) is 53.4 Å². The number of carbonyl (C=O) groups is 1. The van der Waals surface area contributed by atoms with Gasteiger partial charge in [0.05, 0.1) is 0 Å². The number of nitrogens with one attached hydrogen (secondary N) is 2. The van der Waals surface area contributed by atoms with Crippen LogP contribution in [0.2, 0.25) is 18.1 Å². The van der Waals surface area contributed by atoms with E-state index in [9.17, 15) is 13.2 Å². The molecule has 31 heavy (non-hydrogen) atoms. The first-order chi connectivity index (χ1) is 14.3. The summed E-state index contributed by atoms with van der Waals surface area (Å²) in [6, 6.07) is 11.8. The Bertz CT molecular complexity index is 988. The third-order valence-electron chi connectivity index (χ3n) is 4.99. The van der Waals surface area contributed by atoms with E-state index in [1.165, 1.54) is 24.3 Å². The number of rotatable bonds is 8. The van der Waals surface area contributed by atoms with Crippen molar-refractivity contribution in [2.75, 3.05) is 17.7 Å². The van der Waals surface area contributed by atoms with Crippen LogP contribution in [0.25, 0.3) is 0 Å². The summed E-state index contributed by atoms with van der Waals surface area (Å²) in [7, 11) is -6.01. The van der Waals surface area contributed by atoms with Crippen molar-refractivity contribution >= 4 is 41.8 Å². The third kappa shape index (κ3) is 7.15. The lowest BCUT2D eigenvalue weighted by molar-refractivity contribution is 0.252. The molecule has 0 heterocycles. The van der Waals surface area contributed by atoms with Crippen molar-refractivity contribution in [1.82, 2.24) is 5.32 Å². The summed E-state index contributed by atoms with van der Waals surface area (Å²) < 4.78 is 36.5. The quantitative estimate of drug-likeness (QED) is 0.305. The maximum Gasteiger partial charge on any atom is 0.339 e. The highest BCUT2D eigenvalue weighted by molar-refractivity contribution is 7.87. The highest BCUT2D eigenvalue weighted by atomic mass is 35.5. The molecule has 0 saturated carbocycles. The lowest BCUT2D eigenvalue weighted by atomic mass is 10.2. The highest BCUT2D eigenvalue weighted by Crippen LogP contribution is 2.37. The Morgan fingerprint density at radius 2 is 1.55 bits per heavy atom. The van der Waals surface area contributed by atoms with Gasteiger partial charge in [-0.1, -0.05) is 20.8 Å². The topological polar surface area (TPSA) is 93.7 Å². The Hall–Kier alpha value is -2.23. The maximum absolute atomic E-state index is 12.6. The normalized spacial score (nSPS) is 12.2. The number of urea groups is 1. The highest BCUT2D eigenvalue weighted by Gasteiger charge is 2.38. The van der Waals surface area contributed by atoms with Gasteiger partial charge in [-0.25, -0.2) is 4.79 Å². The molecule has 0 spiro atoms. The van der Waals surface area contributed by atoms with Crippen LogP contribution in [0.3, 0.4) is 0 Å². The zero-order valence-electron chi connectivity index (χ0n) is 18.4. The Balaban J connectivity index is 2.04. The maximum atomic E-state index is 12.6. The van der Waals surface area contributed by atoms with Crippen LogP contribution in [0.1, 0.15) is 20.8 Å². The van der Waals surface area contributed by atoms with Gasteiger partial charge in [-0.15, -0.1) is 11.6 Å². The molecule has 7 nitrogen and oxygen atoms in total. The van der Waals surface area contributed by atoms with E-state index in [0.717, 1.165) is 0 Å². The minimum atomic E-state index is -4.02. The number of hydrogen-bond acceptors (Lipinski definition) is 5. The van der Waals surface area contributed by atoms with Crippen LogP contribution in [0, 0.1) is 0 Å². The molecule has 2 rings (SSSR count). The van der Waals surface area contributed by atoms with Crippen LogP contribution < -0.4 is 19.2 Å². The average Bonchev–Trinajstić information content (AvgIpc) is 2.67. The van der Waals surface area contributed by atoms with E-state index in [0.29, 0.717) is 23.9 Å². The number of alkyl halides is 1. The number of anilines is 1.